The van der Waals surface area contributed by atoms with Crippen LogP contribution in [0.5, 0.6) is 0 Å². The minimum atomic E-state index is -0.842. The highest BCUT2D eigenvalue weighted by atomic mass is 19.1. The molecule has 1 saturated heterocycles. The summed E-state index contributed by atoms with van der Waals surface area (Å²) < 4.78 is 17.5. The second-order valence-corrected chi connectivity index (χ2v) is 5.51. The fraction of sp³-hybridized carbons (Fsp3) is 0.375. The van der Waals surface area contributed by atoms with E-state index >= 15 is 0 Å². The summed E-state index contributed by atoms with van der Waals surface area (Å²) in [6.45, 7) is -0.814. The van der Waals surface area contributed by atoms with Crippen LogP contribution >= 0.6 is 0 Å². The maximum absolute atomic E-state index is 12.8. The zero-order valence-corrected chi connectivity index (χ0v) is 13.7. The second kappa shape index (κ2) is 8.22. The van der Waals surface area contributed by atoms with Gasteiger partial charge in [0.1, 0.15) is 18.9 Å². The molecule has 0 unspecified atom stereocenters. The lowest BCUT2D eigenvalue weighted by atomic mass is 10.1. The summed E-state index contributed by atoms with van der Waals surface area (Å²) in [5.74, 6) is -2.17. The molecule has 0 bridgehead atoms. The lowest BCUT2D eigenvalue weighted by molar-refractivity contribution is -0.150. The van der Waals surface area contributed by atoms with E-state index in [1.807, 2.05) is 0 Å². The van der Waals surface area contributed by atoms with E-state index < -0.39 is 37.0 Å². The Balaban J connectivity index is 1.65. The number of hydrogen-bond donors (Lipinski definition) is 1. The molecule has 0 radical (unpaired) electrons. The number of halogens is 1. The summed E-state index contributed by atoms with van der Waals surface area (Å²) >= 11 is 0. The van der Waals surface area contributed by atoms with E-state index in [0.717, 1.165) is 10.5 Å². The van der Waals surface area contributed by atoms with Crippen LogP contribution in [-0.4, -0.2) is 66.9 Å². The van der Waals surface area contributed by atoms with Gasteiger partial charge in [-0.15, -0.1) is 0 Å². The number of carbonyl (C=O) groups excluding carboxylic acids is 4. The van der Waals surface area contributed by atoms with Crippen LogP contribution in [0.2, 0.25) is 0 Å². The van der Waals surface area contributed by atoms with E-state index in [1.165, 1.54) is 24.1 Å². The van der Waals surface area contributed by atoms with Crippen molar-refractivity contribution in [1.29, 1.82) is 0 Å². The van der Waals surface area contributed by atoms with Crippen LogP contribution in [0.25, 0.3) is 0 Å². The predicted octanol–water partition coefficient (Wildman–Crippen LogP) is -0.0784. The molecule has 4 amide bonds. The standard InChI is InChI=1S/C16H18FN3O5/c1-19-8-14(22)20(16(19)24)9-15(23)25-10-13(21)18-7-6-11-2-4-12(17)5-3-11/h2-5H,6-10H2,1H3,(H,18,21). The summed E-state index contributed by atoms with van der Waals surface area (Å²) in [6, 6.07) is 5.31. The topological polar surface area (TPSA) is 96.0 Å². The highest BCUT2D eigenvalue weighted by Crippen LogP contribution is 2.07. The summed E-state index contributed by atoms with van der Waals surface area (Å²) in [5.41, 5.74) is 0.855. The zero-order chi connectivity index (χ0) is 18.4. The number of benzene rings is 1. The third-order valence-electron chi connectivity index (χ3n) is 3.53. The highest BCUT2D eigenvalue weighted by Gasteiger charge is 2.35. The molecule has 1 fully saturated rings. The smallest absolute Gasteiger partial charge is 0.327 e. The number of hydrogen-bond acceptors (Lipinski definition) is 5. The second-order valence-electron chi connectivity index (χ2n) is 5.51. The fourth-order valence-electron chi connectivity index (χ4n) is 2.19. The molecule has 25 heavy (non-hydrogen) atoms. The first-order valence-corrected chi connectivity index (χ1v) is 7.59. The average molecular weight is 351 g/mol. The molecule has 1 aromatic carbocycles. The summed E-state index contributed by atoms with van der Waals surface area (Å²) in [6.07, 6.45) is 0.503. The molecule has 1 aliphatic heterocycles. The first-order chi connectivity index (χ1) is 11.9. The van der Waals surface area contributed by atoms with Crippen LogP contribution in [0.15, 0.2) is 24.3 Å². The largest absolute Gasteiger partial charge is 0.454 e. The van der Waals surface area contributed by atoms with Crippen molar-refractivity contribution in [3.05, 3.63) is 35.6 Å². The molecule has 9 heteroatoms. The number of urea groups is 1. The van der Waals surface area contributed by atoms with Crippen molar-refractivity contribution >= 4 is 23.8 Å². The quantitative estimate of drug-likeness (QED) is 0.548. The molecule has 1 aliphatic rings. The third kappa shape index (κ3) is 5.27. The first kappa shape index (κ1) is 18.4. The Bertz CT molecular complexity index is 677. The predicted molar refractivity (Wildman–Crippen MR) is 83.8 cm³/mol. The Morgan fingerprint density at radius 3 is 2.52 bits per heavy atom. The molecule has 0 atom stereocenters. The lowest BCUT2D eigenvalue weighted by Gasteiger charge is -2.13. The molecule has 0 aliphatic carbocycles. The Morgan fingerprint density at radius 1 is 1.24 bits per heavy atom. The van der Waals surface area contributed by atoms with Gasteiger partial charge >= 0.3 is 12.0 Å². The van der Waals surface area contributed by atoms with E-state index in [2.05, 4.69) is 5.32 Å². The SMILES string of the molecule is CN1CC(=O)N(CC(=O)OCC(=O)NCCc2ccc(F)cc2)C1=O. The molecule has 1 N–H and O–H groups in total. The number of amides is 4. The fourth-order valence-corrected chi connectivity index (χ4v) is 2.19. The van der Waals surface area contributed by atoms with Crippen LogP contribution in [0, 0.1) is 5.82 Å². The number of ether oxygens (including phenoxy) is 1. The minimum absolute atomic E-state index is 0.0873. The molecule has 0 saturated carbocycles. The molecule has 0 spiro atoms. The van der Waals surface area contributed by atoms with E-state index in [9.17, 15) is 23.6 Å². The van der Waals surface area contributed by atoms with Crippen molar-refractivity contribution in [2.45, 2.75) is 6.42 Å². The van der Waals surface area contributed by atoms with Gasteiger partial charge in [0.25, 0.3) is 11.8 Å². The van der Waals surface area contributed by atoms with Crippen LogP contribution in [0.3, 0.4) is 0 Å². The van der Waals surface area contributed by atoms with Crippen LogP contribution in [0.1, 0.15) is 5.56 Å². The Hall–Kier alpha value is -2.97. The number of imide groups is 1. The average Bonchev–Trinajstić information content (AvgIpc) is 2.81. The Labute approximate surface area is 143 Å². The van der Waals surface area contributed by atoms with Gasteiger partial charge in [-0.25, -0.2) is 9.18 Å². The van der Waals surface area contributed by atoms with Gasteiger partial charge in [0.15, 0.2) is 6.61 Å². The normalized spacial score (nSPS) is 14.0. The van der Waals surface area contributed by atoms with Crippen molar-refractivity contribution in [2.24, 2.45) is 0 Å². The monoisotopic (exact) mass is 351 g/mol. The van der Waals surface area contributed by atoms with Crippen molar-refractivity contribution in [3.63, 3.8) is 0 Å². The van der Waals surface area contributed by atoms with Gasteiger partial charge in [0.05, 0.1) is 0 Å². The first-order valence-electron chi connectivity index (χ1n) is 7.59. The molecule has 8 nitrogen and oxygen atoms in total. The number of nitrogens with zero attached hydrogens (tertiary/aromatic N) is 2. The van der Waals surface area contributed by atoms with E-state index in [1.54, 1.807) is 12.1 Å². The van der Waals surface area contributed by atoms with Gasteiger partial charge in [0.2, 0.25) is 0 Å². The number of rotatable bonds is 7. The number of carbonyl (C=O) groups is 4. The number of likely N-dealkylation sites (N-methyl/N-ethyl adjacent to an activating group) is 1. The van der Waals surface area contributed by atoms with E-state index in [0.29, 0.717) is 13.0 Å². The Morgan fingerprint density at radius 2 is 1.92 bits per heavy atom. The van der Waals surface area contributed by atoms with Gasteiger partial charge in [0, 0.05) is 13.6 Å². The van der Waals surface area contributed by atoms with Crippen molar-refractivity contribution < 1.29 is 28.3 Å². The molecular formula is C16H18FN3O5. The van der Waals surface area contributed by atoms with Crippen molar-refractivity contribution in [1.82, 2.24) is 15.1 Å². The molecule has 1 heterocycles. The maximum atomic E-state index is 12.8. The summed E-state index contributed by atoms with van der Waals surface area (Å²) in [4.78, 5) is 48.3. The van der Waals surface area contributed by atoms with Crippen LogP contribution in [-0.2, 0) is 25.5 Å². The minimum Gasteiger partial charge on any atom is -0.454 e. The molecular weight excluding hydrogens is 333 g/mol. The molecule has 2 rings (SSSR count). The van der Waals surface area contributed by atoms with Gasteiger partial charge < -0.3 is 15.0 Å². The Kier molecular flexibility index (Phi) is 6.04. The lowest BCUT2D eigenvalue weighted by Crippen LogP contribution is -2.38. The maximum Gasteiger partial charge on any atom is 0.327 e. The van der Waals surface area contributed by atoms with Crippen molar-refractivity contribution in [2.75, 3.05) is 33.3 Å². The summed E-state index contributed by atoms with van der Waals surface area (Å²) in [7, 11) is 1.44. The number of nitrogens with one attached hydrogen (secondary N) is 1. The van der Waals surface area contributed by atoms with Crippen LogP contribution < -0.4 is 5.32 Å². The molecule has 0 aromatic heterocycles. The van der Waals surface area contributed by atoms with Gasteiger partial charge in [-0.1, -0.05) is 12.1 Å². The molecule has 1 aromatic rings. The number of esters is 1. The van der Waals surface area contributed by atoms with Crippen molar-refractivity contribution in [3.8, 4) is 0 Å². The van der Waals surface area contributed by atoms with E-state index in [4.69, 9.17) is 4.74 Å². The van der Waals surface area contributed by atoms with Gasteiger partial charge in [-0.3, -0.25) is 19.3 Å². The van der Waals surface area contributed by atoms with E-state index in [-0.39, 0.29) is 12.4 Å². The highest BCUT2D eigenvalue weighted by molar-refractivity contribution is 6.04. The zero-order valence-electron chi connectivity index (χ0n) is 13.7. The van der Waals surface area contributed by atoms with Gasteiger partial charge in [-0.05, 0) is 24.1 Å². The summed E-state index contributed by atoms with van der Waals surface area (Å²) in [5, 5.41) is 2.55. The third-order valence-corrected chi connectivity index (χ3v) is 3.53. The van der Waals surface area contributed by atoms with Gasteiger partial charge in [-0.2, -0.15) is 0 Å². The van der Waals surface area contributed by atoms with Crippen LogP contribution in [0.4, 0.5) is 9.18 Å². The molecule has 134 valence electrons.